The highest BCUT2D eigenvalue weighted by Crippen LogP contribution is 2.41. The number of carbonyl (C=O) groups excluding carboxylic acids is 7. The van der Waals surface area contributed by atoms with Gasteiger partial charge in [-0.2, -0.15) is 0 Å². The third-order valence-electron chi connectivity index (χ3n) is 16.7. The third kappa shape index (κ3) is 9.11. The highest BCUT2D eigenvalue weighted by atomic mass is 16.3. The van der Waals surface area contributed by atoms with Gasteiger partial charge in [0.25, 0.3) is 23.6 Å². The molecule has 4 fully saturated rings. The largest absolute Gasteiger partial charge is 0.394 e. The number of aliphatic hydroxyl groups excluding tert-OH is 1. The number of imide groups is 2. The average molecular weight is 1040 g/mol. The Morgan fingerprint density at radius 1 is 0.882 bits per heavy atom. The quantitative estimate of drug-likeness (QED) is 0.101. The number of piperidine rings is 3. The second kappa shape index (κ2) is 19.8. The number of nitrogens with two attached hydrogens (primary N) is 1. The van der Waals surface area contributed by atoms with Crippen LogP contribution in [-0.2, 0) is 33.8 Å². The minimum absolute atomic E-state index is 0.0311. The van der Waals surface area contributed by atoms with Crippen molar-refractivity contribution in [3.63, 3.8) is 0 Å². The molecule has 0 saturated carbocycles. The van der Waals surface area contributed by atoms with Gasteiger partial charge in [0.1, 0.15) is 17.6 Å². The van der Waals surface area contributed by atoms with Crippen molar-refractivity contribution in [1.82, 2.24) is 34.6 Å². The maximum absolute atomic E-state index is 14.2. The number of nitrogens with zero attached hydrogens (tertiary/aromatic N) is 9. The number of carbonyl (C=O) groups is 7. The zero-order valence-corrected chi connectivity index (χ0v) is 43.2. The summed E-state index contributed by atoms with van der Waals surface area (Å²) >= 11 is 0. The first kappa shape index (κ1) is 50.5. The molecule has 6 aliphatic heterocycles. The second-order valence-corrected chi connectivity index (χ2v) is 22.1. The van der Waals surface area contributed by atoms with Crippen molar-refractivity contribution < 1.29 is 38.7 Å². The number of primary amides is 1. The van der Waals surface area contributed by atoms with Gasteiger partial charge in [0, 0.05) is 87.9 Å². The molecule has 3 unspecified atom stereocenters. The van der Waals surface area contributed by atoms with Crippen molar-refractivity contribution in [3.8, 4) is 0 Å². The van der Waals surface area contributed by atoms with Crippen molar-refractivity contribution in [3.05, 3.63) is 95.1 Å². The molecule has 7 amide bonds. The van der Waals surface area contributed by atoms with E-state index in [1.54, 1.807) is 18.2 Å². The Kier molecular flexibility index (Phi) is 13.2. The minimum atomic E-state index is -1.02. The van der Waals surface area contributed by atoms with Crippen LogP contribution in [0.1, 0.15) is 112 Å². The highest BCUT2D eigenvalue weighted by Gasteiger charge is 2.46. The van der Waals surface area contributed by atoms with E-state index in [0.717, 1.165) is 74.6 Å². The minimum Gasteiger partial charge on any atom is -0.394 e. The van der Waals surface area contributed by atoms with Crippen molar-refractivity contribution in [2.24, 2.45) is 11.1 Å². The molecule has 0 bridgehead atoms. The molecule has 76 heavy (non-hydrogen) atoms. The summed E-state index contributed by atoms with van der Waals surface area (Å²) in [5, 5.41) is 19.5. The summed E-state index contributed by atoms with van der Waals surface area (Å²) in [4.78, 5) is 112. The van der Waals surface area contributed by atoms with Crippen LogP contribution in [0.25, 0.3) is 0 Å². The van der Waals surface area contributed by atoms with E-state index in [2.05, 4.69) is 73.6 Å². The highest BCUT2D eigenvalue weighted by molar-refractivity contribution is 6.23. The summed E-state index contributed by atoms with van der Waals surface area (Å²) in [5.74, 6) is -2.81. The van der Waals surface area contributed by atoms with E-state index in [4.69, 9.17) is 10.7 Å². The van der Waals surface area contributed by atoms with E-state index < -0.39 is 47.5 Å². The number of anilines is 6. The average Bonchev–Trinajstić information content (AvgIpc) is 3.99. The standard InChI is InChI=1S/C55H65N13O8/c1-5-46(70)59-38-24-33(58-50-48(49(56)72)57-28-45(60-50)66-16-6-7-40(44(66)30-69)67-22-21-65-42(54(67)76)23-32-26-55(3,4)27-43(32)65)8-11-39(38)64-20-19-63(29-31(64)2)34-14-17-62(18-15-34)35-9-10-36-37(25-35)53(75)68(52(36)74)41-12-13-47(71)61-51(41)73/h5,8-11,23-25,28,31,34,40-41,44,69H,1,6-7,12-22,26-27,29-30H2,2-4H3,(H2,56,72)(H,58,60)(H,59,70)(H,61,71,73)/t31-,40?,41?,44?/m0/s1. The van der Waals surface area contributed by atoms with Gasteiger partial charge in [-0.1, -0.05) is 20.4 Å². The van der Waals surface area contributed by atoms with E-state index in [-0.39, 0.29) is 65.5 Å². The fraction of sp³-hybridized carbons (Fsp3) is 0.473. The van der Waals surface area contributed by atoms with Crippen molar-refractivity contribution in [2.45, 2.75) is 109 Å². The number of amides is 7. The predicted molar refractivity (Wildman–Crippen MR) is 284 cm³/mol. The zero-order chi connectivity index (χ0) is 53.3. The molecule has 21 nitrogen and oxygen atoms in total. The Labute approximate surface area is 440 Å². The summed E-state index contributed by atoms with van der Waals surface area (Å²) in [5.41, 5.74) is 12.3. The molecule has 2 aromatic carbocycles. The fourth-order valence-corrected chi connectivity index (χ4v) is 13.0. The molecule has 0 spiro atoms. The summed E-state index contributed by atoms with van der Waals surface area (Å²) < 4.78 is 2.19. The lowest BCUT2D eigenvalue weighted by Crippen LogP contribution is -2.60. The van der Waals surface area contributed by atoms with E-state index in [1.807, 2.05) is 28.0 Å². The van der Waals surface area contributed by atoms with Crippen LogP contribution in [0.4, 0.5) is 34.4 Å². The van der Waals surface area contributed by atoms with Crippen LogP contribution in [-0.4, -0.2) is 158 Å². The lowest BCUT2D eigenvalue weighted by atomic mass is 9.90. The molecule has 0 radical (unpaired) electrons. The van der Waals surface area contributed by atoms with E-state index in [1.165, 1.54) is 23.5 Å². The van der Waals surface area contributed by atoms with Crippen LogP contribution in [0, 0.1) is 5.41 Å². The first-order valence-corrected chi connectivity index (χ1v) is 26.5. The number of aromatic nitrogens is 3. The number of nitrogens with one attached hydrogen (secondary N) is 3. The molecule has 11 rings (SSSR count). The summed E-state index contributed by atoms with van der Waals surface area (Å²) in [6.45, 7) is 15.6. The van der Waals surface area contributed by atoms with Crippen LogP contribution in [0.2, 0.25) is 0 Å². The second-order valence-electron chi connectivity index (χ2n) is 22.1. The van der Waals surface area contributed by atoms with Gasteiger partial charge >= 0.3 is 0 Å². The Morgan fingerprint density at radius 2 is 1.66 bits per heavy atom. The first-order valence-electron chi connectivity index (χ1n) is 26.5. The van der Waals surface area contributed by atoms with Crippen molar-refractivity contribution in [1.29, 1.82) is 0 Å². The Balaban J connectivity index is 0.755. The molecule has 7 aliphatic rings. The molecule has 4 aromatic rings. The van der Waals surface area contributed by atoms with Gasteiger partial charge in [0.05, 0.1) is 47.4 Å². The normalized spacial score (nSPS) is 23.8. The molecular weight excluding hydrogens is 971 g/mol. The molecule has 4 saturated heterocycles. The lowest BCUT2D eigenvalue weighted by molar-refractivity contribution is -0.136. The number of aliphatic hydroxyl groups is 1. The molecule has 6 N–H and O–H groups in total. The van der Waals surface area contributed by atoms with Gasteiger partial charge in [-0.3, -0.25) is 48.7 Å². The SMILES string of the molecule is C=CC(=O)Nc1cc(Nc2nc(N3CCCC(N4CCn5c(cc6c5CC(C)(C)C6)C4=O)C3CO)cnc2C(N)=O)ccc1N1CCN(C2CCN(c3ccc4c(c3)C(=O)N(C3CCC(=O)NC3=O)C4=O)CC2)C[C@@H]1C. The van der Waals surface area contributed by atoms with Gasteiger partial charge in [0.2, 0.25) is 17.7 Å². The molecule has 21 heteroatoms. The number of hydrogen-bond acceptors (Lipinski definition) is 15. The lowest BCUT2D eigenvalue weighted by Gasteiger charge is -2.47. The number of fused-ring (bicyclic) bond motifs is 4. The van der Waals surface area contributed by atoms with Crippen LogP contribution in [0.5, 0.6) is 0 Å². The number of piperazine rings is 1. The van der Waals surface area contributed by atoms with E-state index in [9.17, 15) is 38.7 Å². The number of hydrogen-bond donors (Lipinski definition) is 5. The van der Waals surface area contributed by atoms with Gasteiger partial charge in [-0.05, 0) is 111 Å². The summed E-state index contributed by atoms with van der Waals surface area (Å²) in [7, 11) is 0. The molecule has 8 heterocycles. The van der Waals surface area contributed by atoms with Gasteiger partial charge < -0.3 is 45.6 Å². The van der Waals surface area contributed by atoms with Crippen molar-refractivity contribution >= 4 is 75.7 Å². The van der Waals surface area contributed by atoms with Gasteiger partial charge in [-0.25, -0.2) is 9.97 Å². The Hall–Kier alpha value is -7.65. The van der Waals surface area contributed by atoms with Crippen molar-refractivity contribution in [2.75, 3.05) is 77.8 Å². The van der Waals surface area contributed by atoms with Gasteiger partial charge in [-0.15, -0.1) is 0 Å². The smallest absolute Gasteiger partial charge is 0.271 e. The number of rotatable bonds is 12. The molecule has 1 aliphatic carbocycles. The van der Waals surface area contributed by atoms with E-state index >= 15 is 0 Å². The Morgan fingerprint density at radius 3 is 2.39 bits per heavy atom. The summed E-state index contributed by atoms with van der Waals surface area (Å²) in [6.07, 6.45) is 7.94. The molecular formula is C55H65N13O8. The third-order valence-corrected chi connectivity index (χ3v) is 16.7. The molecule has 4 atom stereocenters. The zero-order valence-electron chi connectivity index (χ0n) is 43.2. The molecule has 398 valence electrons. The van der Waals surface area contributed by atoms with Crippen LogP contribution in [0.3, 0.4) is 0 Å². The van der Waals surface area contributed by atoms with Crippen LogP contribution < -0.4 is 36.4 Å². The van der Waals surface area contributed by atoms with E-state index in [0.29, 0.717) is 61.5 Å². The first-order chi connectivity index (χ1) is 36.5. The fourth-order valence-electron chi connectivity index (χ4n) is 13.0. The van der Waals surface area contributed by atoms with Gasteiger partial charge in [0.15, 0.2) is 11.5 Å². The van der Waals surface area contributed by atoms with Crippen LogP contribution >= 0.6 is 0 Å². The number of benzene rings is 2. The Bertz CT molecular complexity index is 3090. The summed E-state index contributed by atoms with van der Waals surface area (Å²) in [6, 6.07) is 11.4. The topological polar surface area (TPSA) is 252 Å². The predicted octanol–water partition coefficient (Wildman–Crippen LogP) is 3.44. The monoisotopic (exact) mass is 1040 g/mol. The maximum atomic E-state index is 14.2. The van der Waals surface area contributed by atoms with Crippen LogP contribution in [0.15, 0.2) is 61.3 Å². The maximum Gasteiger partial charge on any atom is 0.271 e. The molecule has 2 aromatic heterocycles.